The third kappa shape index (κ3) is 2.59. The minimum atomic E-state index is -3.76. The number of hydrogen-bond donors (Lipinski definition) is 2. The molecular weight excluding hydrogens is 274 g/mol. The lowest BCUT2D eigenvalue weighted by molar-refractivity contribution is 0.602. The van der Waals surface area contributed by atoms with E-state index in [-0.39, 0.29) is 10.0 Å². The van der Waals surface area contributed by atoms with Gasteiger partial charge in [0.1, 0.15) is 5.82 Å². The van der Waals surface area contributed by atoms with Crippen LogP contribution >= 0.6 is 11.3 Å². The summed E-state index contributed by atoms with van der Waals surface area (Å²) in [5.41, 5.74) is 1.25. The Bertz CT molecular complexity index is 714. The molecule has 2 heterocycles. The SMILES string of the molecule is Cc1ccc(NS(=O)(=O)c2sc(=O)[nH]c2C)nc1. The van der Waals surface area contributed by atoms with Crippen molar-refractivity contribution in [3.63, 3.8) is 0 Å². The van der Waals surface area contributed by atoms with E-state index in [1.807, 2.05) is 6.92 Å². The molecule has 0 saturated carbocycles. The standard InChI is InChI=1S/C10H11N3O3S2/c1-6-3-4-8(11-5-6)13-18(15,16)9-7(2)12-10(14)17-9/h3-5H,1-2H3,(H,11,13)(H,12,14). The monoisotopic (exact) mass is 285 g/mol. The molecule has 2 aromatic heterocycles. The van der Waals surface area contributed by atoms with E-state index in [4.69, 9.17) is 0 Å². The Hall–Kier alpha value is -1.67. The van der Waals surface area contributed by atoms with E-state index in [1.165, 1.54) is 6.92 Å². The second-order valence-corrected chi connectivity index (χ2v) is 6.61. The molecule has 0 radical (unpaired) electrons. The number of sulfonamides is 1. The minimum Gasteiger partial charge on any atom is -0.315 e. The number of H-pyrrole nitrogens is 1. The second-order valence-electron chi connectivity index (χ2n) is 3.75. The molecule has 0 aliphatic rings. The van der Waals surface area contributed by atoms with Gasteiger partial charge in [0.15, 0.2) is 4.21 Å². The summed E-state index contributed by atoms with van der Waals surface area (Å²) in [4.78, 5) is 17.1. The van der Waals surface area contributed by atoms with Crippen LogP contribution in [0.1, 0.15) is 11.3 Å². The summed E-state index contributed by atoms with van der Waals surface area (Å²) in [5.74, 6) is 0.223. The van der Waals surface area contributed by atoms with Gasteiger partial charge in [0.2, 0.25) is 0 Å². The van der Waals surface area contributed by atoms with Gasteiger partial charge in [-0.1, -0.05) is 17.4 Å². The third-order valence-electron chi connectivity index (χ3n) is 2.18. The van der Waals surface area contributed by atoms with Crippen molar-refractivity contribution < 1.29 is 8.42 Å². The number of thiazole rings is 1. The highest BCUT2D eigenvalue weighted by Gasteiger charge is 2.20. The first-order valence-corrected chi connectivity index (χ1v) is 7.33. The molecule has 0 saturated heterocycles. The first kappa shape index (κ1) is 12.8. The first-order chi connectivity index (χ1) is 8.38. The molecule has 0 spiro atoms. The first-order valence-electron chi connectivity index (χ1n) is 5.04. The van der Waals surface area contributed by atoms with Gasteiger partial charge in [0.05, 0.1) is 0 Å². The lowest BCUT2D eigenvalue weighted by atomic mass is 10.3. The Morgan fingerprint density at radius 2 is 2.06 bits per heavy atom. The summed E-state index contributed by atoms with van der Waals surface area (Å²) in [6, 6.07) is 3.31. The molecule has 2 N–H and O–H groups in total. The van der Waals surface area contributed by atoms with Crippen molar-refractivity contribution in [3.05, 3.63) is 39.3 Å². The van der Waals surface area contributed by atoms with Crippen molar-refractivity contribution in [2.24, 2.45) is 0 Å². The molecule has 8 heteroatoms. The normalized spacial score (nSPS) is 11.4. The average Bonchev–Trinajstić information content (AvgIpc) is 2.62. The van der Waals surface area contributed by atoms with E-state index in [0.717, 1.165) is 5.56 Å². The number of aromatic nitrogens is 2. The predicted octanol–water partition coefficient (Wildman–Crippen LogP) is 1.25. The van der Waals surface area contributed by atoms with Gasteiger partial charge in [-0.3, -0.25) is 9.52 Å². The maximum absolute atomic E-state index is 12.0. The molecule has 0 bridgehead atoms. The van der Waals surface area contributed by atoms with Crippen LogP contribution in [0.3, 0.4) is 0 Å². The van der Waals surface area contributed by atoms with Crippen LogP contribution in [0.5, 0.6) is 0 Å². The van der Waals surface area contributed by atoms with Crippen LogP contribution in [-0.4, -0.2) is 18.4 Å². The van der Waals surface area contributed by atoms with E-state index < -0.39 is 14.9 Å². The van der Waals surface area contributed by atoms with Gasteiger partial charge in [-0.25, -0.2) is 13.4 Å². The Balaban J connectivity index is 2.36. The highest BCUT2D eigenvalue weighted by atomic mass is 32.2. The molecule has 0 amide bonds. The highest BCUT2D eigenvalue weighted by molar-refractivity contribution is 7.94. The van der Waals surface area contributed by atoms with Crippen LogP contribution in [0.4, 0.5) is 5.82 Å². The lowest BCUT2D eigenvalue weighted by Gasteiger charge is -2.05. The molecule has 0 unspecified atom stereocenters. The summed E-state index contributed by atoms with van der Waals surface area (Å²) < 4.78 is 26.4. The second kappa shape index (κ2) is 4.54. The highest BCUT2D eigenvalue weighted by Crippen LogP contribution is 2.19. The fourth-order valence-electron chi connectivity index (χ4n) is 1.36. The predicted molar refractivity (Wildman–Crippen MR) is 69.5 cm³/mol. The smallest absolute Gasteiger partial charge is 0.306 e. The third-order valence-corrected chi connectivity index (χ3v) is 5.13. The number of anilines is 1. The average molecular weight is 285 g/mol. The fourth-order valence-corrected chi connectivity index (χ4v) is 3.67. The van der Waals surface area contributed by atoms with E-state index in [0.29, 0.717) is 17.0 Å². The van der Waals surface area contributed by atoms with Crippen molar-refractivity contribution in [1.29, 1.82) is 0 Å². The van der Waals surface area contributed by atoms with Gasteiger partial charge in [0.25, 0.3) is 10.0 Å². The fraction of sp³-hybridized carbons (Fsp3) is 0.200. The van der Waals surface area contributed by atoms with E-state index in [2.05, 4.69) is 14.7 Å². The minimum absolute atomic E-state index is 0.0186. The summed E-state index contributed by atoms with van der Waals surface area (Å²) in [7, 11) is -3.76. The molecule has 2 rings (SSSR count). The van der Waals surface area contributed by atoms with Crippen LogP contribution in [0.2, 0.25) is 0 Å². The summed E-state index contributed by atoms with van der Waals surface area (Å²) in [6.45, 7) is 3.39. The van der Waals surface area contributed by atoms with Gasteiger partial charge >= 0.3 is 4.87 Å². The maximum atomic E-state index is 12.0. The van der Waals surface area contributed by atoms with Gasteiger partial charge in [-0.05, 0) is 25.5 Å². The molecule has 0 aliphatic heterocycles. The van der Waals surface area contributed by atoms with Gasteiger partial charge < -0.3 is 4.98 Å². The zero-order chi connectivity index (χ0) is 13.3. The molecule has 96 valence electrons. The van der Waals surface area contributed by atoms with Gasteiger partial charge in [-0.2, -0.15) is 0 Å². The molecule has 18 heavy (non-hydrogen) atoms. The number of rotatable bonds is 3. The van der Waals surface area contributed by atoms with Gasteiger partial charge in [-0.15, -0.1) is 0 Å². The zero-order valence-electron chi connectivity index (χ0n) is 9.72. The van der Waals surface area contributed by atoms with Crippen molar-refractivity contribution in [1.82, 2.24) is 9.97 Å². The van der Waals surface area contributed by atoms with Crippen LogP contribution in [0.25, 0.3) is 0 Å². The van der Waals surface area contributed by atoms with E-state index >= 15 is 0 Å². The van der Waals surface area contributed by atoms with E-state index in [9.17, 15) is 13.2 Å². The number of hydrogen-bond acceptors (Lipinski definition) is 5. The molecule has 0 fully saturated rings. The lowest BCUT2D eigenvalue weighted by Crippen LogP contribution is -2.13. The van der Waals surface area contributed by atoms with E-state index in [1.54, 1.807) is 18.3 Å². The summed E-state index contributed by atoms with van der Waals surface area (Å²) in [5, 5.41) is 0. The maximum Gasteiger partial charge on any atom is 0.306 e. The Morgan fingerprint density at radius 3 is 2.56 bits per heavy atom. The van der Waals surface area contributed by atoms with Crippen LogP contribution < -0.4 is 9.60 Å². The number of nitrogens with zero attached hydrogens (tertiary/aromatic N) is 1. The number of nitrogens with one attached hydrogen (secondary N) is 2. The Labute approximate surface area is 108 Å². The summed E-state index contributed by atoms with van der Waals surface area (Å²) in [6.07, 6.45) is 1.56. The van der Waals surface area contributed by atoms with Crippen LogP contribution in [-0.2, 0) is 10.0 Å². The summed E-state index contributed by atoms with van der Waals surface area (Å²) >= 11 is 0.654. The molecule has 2 aromatic rings. The molecule has 0 aliphatic carbocycles. The quantitative estimate of drug-likeness (QED) is 0.887. The number of aryl methyl sites for hydroxylation is 2. The van der Waals surface area contributed by atoms with Gasteiger partial charge in [0, 0.05) is 11.9 Å². The van der Waals surface area contributed by atoms with Crippen molar-refractivity contribution >= 4 is 27.2 Å². The number of aromatic amines is 1. The Morgan fingerprint density at radius 1 is 1.33 bits per heavy atom. The molecular formula is C10H11N3O3S2. The number of pyridine rings is 1. The van der Waals surface area contributed by atoms with Crippen LogP contribution in [0.15, 0.2) is 27.3 Å². The Kier molecular flexibility index (Phi) is 3.22. The largest absolute Gasteiger partial charge is 0.315 e. The zero-order valence-corrected chi connectivity index (χ0v) is 11.4. The topological polar surface area (TPSA) is 91.9 Å². The molecule has 0 atom stereocenters. The van der Waals surface area contributed by atoms with Crippen molar-refractivity contribution in [2.75, 3.05) is 4.72 Å². The van der Waals surface area contributed by atoms with Crippen molar-refractivity contribution in [3.8, 4) is 0 Å². The van der Waals surface area contributed by atoms with Crippen molar-refractivity contribution in [2.45, 2.75) is 18.1 Å². The van der Waals surface area contributed by atoms with Crippen LogP contribution in [0, 0.1) is 13.8 Å². The molecule has 0 aromatic carbocycles. The molecule has 6 nitrogen and oxygen atoms in total.